The van der Waals surface area contributed by atoms with Gasteiger partial charge in [0.05, 0.1) is 0 Å². The van der Waals surface area contributed by atoms with Gasteiger partial charge in [-0.25, -0.2) is 0 Å². The second-order valence-corrected chi connectivity index (χ2v) is 5.20. The Hall–Kier alpha value is -2.95. The van der Waals surface area contributed by atoms with Crippen LogP contribution in [0, 0.1) is 0 Å². The van der Waals surface area contributed by atoms with Crippen molar-refractivity contribution in [3.05, 3.63) is 71.8 Å². The molecule has 5 nitrogen and oxygen atoms in total. The van der Waals surface area contributed by atoms with Crippen LogP contribution in [-0.4, -0.2) is 23.6 Å². The molecule has 0 heterocycles. The van der Waals surface area contributed by atoms with Crippen LogP contribution in [0.5, 0.6) is 0 Å². The first-order valence-electron chi connectivity index (χ1n) is 7.27. The zero-order valence-corrected chi connectivity index (χ0v) is 12.6. The molecular weight excluding hydrogens is 292 g/mol. The van der Waals surface area contributed by atoms with Gasteiger partial charge in [0.15, 0.2) is 0 Å². The van der Waals surface area contributed by atoms with Gasteiger partial charge in [-0.05, 0) is 11.1 Å². The number of nitrogens with two attached hydrogens (primary N) is 1. The van der Waals surface area contributed by atoms with E-state index in [0.29, 0.717) is 0 Å². The van der Waals surface area contributed by atoms with Gasteiger partial charge in [0.2, 0.25) is 11.7 Å². The lowest BCUT2D eigenvalue weighted by molar-refractivity contribution is -0.138. The lowest BCUT2D eigenvalue weighted by Crippen LogP contribution is -2.48. The van der Waals surface area contributed by atoms with E-state index in [1.54, 1.807) is 24.3 Å². The highest BCUT2D eigenvalue weighted by atomic mass is 16.2. The summed E-state index contributed by atoms with van der Waals surface area (Å²) >= 11 is 0. The van der Waals surface area contributed by atoms with Gasteiger partial charge >= 0.3 is 0 Å². The number of amides is 2. The van der Waals surface area contributed by atoms with E-state index in [0.717, 1.165) is 11.1 Å². The van der Waals surface area contributed by atoms with Gasteiger partial charge in [-0.3, -0.25) is 14.4 Å². The summed E-state index contributed by atoms with van der Waals surface area (Å²) in [7, 11) is 0. The number of carbonyl (C=O) groups is 3. The van der Waals surface area contributed by atoms with E-state index < -0.39 is 23.6 Å². The Labute approximate surface area is 134 Å². The van der Waals surface area contributed by atoms with Crippen molar-refractivity contribution in [3.8, 4) is 0 Å². The molecule has 2 aromatic rings. The summed E-state index contributed by atoms with van der Waals surface area (Å²) in [6.45, 7) is 0. The van der Waals surface area contributed by atoms with Crippen LogP contribution in [-0.2, 0) is 27.2 Å². The highest BCUT2D eigenvalue weighted by Gasteiger charge is 2.22. The summed E-state index contributed by atoms with van der Waals surface area (Å²) in [6.07, 6.45) is 0.240. The number of hydrogen-bond donors (Lipinski definition) is 2. The molecule has 0 saturated carbocycles. The summed E-state index contributed by atoms with van der Waals surface area (Å²) in [6, 6.07) is 17.2. The quantitative estimate of drug-likeness (QED) is 0.748. The molecule has 2 rings (SSSR count). The first-order chi connectivity index (χ1) is 11.1. The second kappa shape index (κ2) is 7.89. The Morgan fingerprint density at radius 2 is 1.39 bits per heavy atom. The monoisotopic (exact) mass is 310 g/mol. The fourth-order valence-electron chi connectivity index (χ4n) is 2.17. The standard InChI is InChI=1S/C18H18N2O3/c19-17(22)15(11-13-7-3-1-4-8-13)20-18(23)16(21)12-14-9-5-2-6-10-14/h1-10,15H,11-12H2,(H2,19,22)(H,20,23)/t15-/m0/s1. The zero-order valence-electron chi connectivity index (χ0n) is 12.6. The lowest BCUT2D eigenvalue weighted by Gasteiger charge is -2.15. The van der Waals surface area contributed by atoms with E-state index in [1.807, 2.05) is 36.4 Å². The third kappa shape index (κ3) is 5.07. The number of rotatable bonds is 7. The van der Waals surface area contributed by atoms with Crippen molar-refractivity contribution in [2.24, 2.45) is 5.73 Å². The minimum atomic E-state index is -0.912. The average Bonchev–Trinajstić information content (AvgIpc) is 2.56. The maximum atomic E-state index is 12.0. The minimum absolute atomic E-state index is 0.0104. The van der Waals surface area contributed by atoms with Crippen molar-refractivity contribution in [1.29, 1.82) is 0 Å². The largest absolute Gasteiger partial charge is 0.368 e. The summed E-state index contributed by atoms with van der Waals surface area (Å²) in [5.41, 5.74) is 6.92. The topological polar surface area (TPSA) is 89.3 Å². The zero-order chi connectivity index (χ0) is 16.7. The van der Waals surface area contributed by atoms with Gasteiger partial charge in [0.1, 0.15) is 6.04 Å². The van der Waals surface area contributed by atoms with Crippen LogP contribution >= 0.6 is 0 Å². The van der Waals surface area contributed by atoms with Crippen molar-refractivity contribution in [1.82, 2.24) is 5.32 Å². The Kier molecular flexibility index (Phi) is 5.63. The van der Waals surface area contributed by atoms with E-state index in [9.17, 15) is 14.4 Å². The summed E-state index contributed by atoms with van der Waals surface area (Å²) in [5, 5.41) is 2.42. The number of carbonyl (C=O) groups excluding carboxylic acids is 3. The number of ketones is 1. The highest BCUT2D eigenvalue weighted by Crippen LogP contribution is 2.04. The molecule has 2 aromatic carbocycles. The molecule has 0 fully saturated rings. The van der Waals surface area contributed by atoms with Crippen molar-refractivity contribution in [2.75, 3.05) is 0 Å². The molecule has 0 aliphatic heterocycles. The summed E-state index contributed by atoms with van der Waals surface area (Å²) < 4.78 is 0. The van der Waals surface area contributed by atoms with E-state index >= 15 is 0 Å². The van der Waals surface area contributed by atoms with Crippen LogP contribution in [0.25, 0.3) is 0 Å². The minimum Gasteiger partial charge on any atom is -0.368 e. The number of Topliss-reactive ketones (excluding diaryl/α,β-unsaturated/α-hetero) is 1. The normalized spacial score (nSPS) is 11.5. The molecule has 0 spiro atoms. The van der Waals surface area contributed by atoms with Gasteiger partial charge in [0.25, 0.3) is 5.91 Å². The van der Waals surface area contributed by atoms with Gasteiger partial charge < -0.3 is 11.1 Å². The van der Waals surface area contributed by atoms with Crippen LogP contribution in [0.1, 0.15) is 11.1 Å². The van der Waals surface area contributed by atoms with Crippen molar-refractivity contribution >= 4 is 17.6 Å². The average molecular weight is 310 g/mol. The van der Waals surface area contributed by atoms with Crippen molar-refractivity contribution < 1.29 is 14.4 Å². The first-order valence-corrected chi connectivity index (χ1v) is 7.27. The Morgan fingerprint density at radius 1 is 0.870 bits per heavy atom. The van der Waals surface area contributed by atoms with E-state index in [2.05, 4.69) is 5.32 Å². The number of primary amides is 1. The van der Waals surface area contributed by atoms with Gasteiger partial charge in [-0.15, -0.1) is 0 Å². The van der Waals surface area contributed by atoms with E-state index in [-0.39, 0.29) is 12.8 Å². The third-order valence-electron chi connectivity index (χ3n) is 3.39. The van der Waals surface area contributed by atoms with Gasteiger partial charge in [0, 0.05) is 12.8 Å². The SMILES string of the molecule is NC(=O)[C@H](Cc1ccccc1)NC(=O)C(=O)Cc1ccccc1. The molecule has 0 radical (unpaired) electrons. The second-order valence-electron chi connectivity index (χ2n) is 5.20. The smallest absolute Gasteiger partial charge is 0.288 e. The molecule has 0 aliphatic rings. The summed E-state index contributed by atoms with van der Waals surface area (Å²) in [5.74, 6) is -2.07. The van der Waals surface area contributed by atoms with Crippen LogP contribution in [0.2, 0.25) is 0 Å². The first kappa shape index (κ1) is 16.4. The fourth-order valence-corrected chi connectivity index (χ4v) is 2.17. The molecule has 118 valence electrons. The number of nitrogens with one attached hydrogen (secondary N) is 1. The predicted molar refractivity (Wildman–Crippen MR) is 86.4 cm³/mol. The Bertz CT molecular complexity index is 684. The molecular formula is C18H18N2O3. The highest BCUT2D eigenvalue weighted by molar-refractivity contribution is 6.37. The molecule has 23 heavy (non-hydrogen) atoms. The summed E-state index contributed by atoms with van der Waals surface area (Å²) in [4.78, 5) is 35.5. The lowest BCUT2D eigenvalue weighted by atomic mass is 10.0. The molecule has 0 saturated heterocycles. The van der Waals surface area contributed by atoms with E-state index in [4.69, 9.17) is 5.73 Å². The molecule has 5 heteroatoms. The Morgan fingerprint density at radius 3 is 1.91 bits per heavy atom. The Balaban J connectivity index is 1.97. The molecule has 1 atom stereocenters. The predicted octanol–water partition coefficient (Wildman–Crippen LogP) is 1.01. The maximum absolute atomic E-state index is 12.0. The third-order valence-corrected chi connectivity index (χ3v) is 3.39. The molecule has 0 unspecified atom stereocenters. The van der Waals surface area contributed by atoms with Crippen LogP contribution in [0.15, 0.2) is 60.7 Å². The maximum Gasteiger partial charge on any atom is 0.288 e. The van der Waals surface area contributed by atoms with Gasteiger partial charge in [-0.2, -0.15) is 0 Å². The molecule has 0 bridgehead atoms. The van der Waals surface area contributed by atoms with Crippen LogP contribution in [0.4, 0.5) is 0 Å². The van der Waals surface area contributed by atoms with Crippen molar-refractivity contribution in [2.45, 2.75) is 18.9 Å². The molecule has 0 aliphatic carbocycles. The van der Waals surface area contributed by atoms with Crippen LogP contribution in [0.3, 0.4) is 0 Å². The molecule has 0 aromatic heterocycles. The van der Waals surface area contributed by atoms with E-state index in [1.165, 1.54) is 0 Å². The molecule has 2 amide bonds. The number of hydrogen-bond acceptors (Lipinski definition) is 3. The molecule has 3 N–H and O–H groups in total. The van der Waals surface area contributed by atoms with Crippen LogP contribution < -0.4 is 11.1 Å². The fraction of sp³-hybridized carbons (Fsp3) is 0.167. The van der Waals surface area contributed by atoms with Gasteiger partial charge in [-0.1, -0.05) is 60.7 Å². The van der Waals surface area contributed by atoms with Crippen molar-refractivity contribution in [3.63, 3.8) is 0 Å². The number of benzene rings is 2.